The highest BCUT2D eigenvalue weighted by Gasteiger charge is 2.51. The van der Waals surface area contributed by atoms with Crippen LogP contribution in [0, 0.1) is 11.6 Å². The summed E-state index contributed by atoms with van der Waals surface area (Å²) in [6.07, 6.45) is 0.894. The van der Waals surface area contributed by atoms with E-state index in [0.29, 0.717) is 34.9 Å². The second-order valence-electron chi connectivity index (χ2n) is 12.8. The number of hydrogen-bond donors (Lipinski definition) is 0. The van der Waals surface area contributed by atoms with Crippen molar-refractivity contribution in [2.45, 2.75) is 57.7 Å². The minimum atomic E-state index is -0.790. The SMILES string of the molecule is COc1ccc(CN2Cc3nc(-c4c(F)cccc4F)nc(Cc4ccc([C@@]5(C)CC(C)(C)N(C)C5=O)cc4)c3C2=O)c(OC)c1. The van der Waals surface area contributed by atoms with Crippen LogP contribution in [0.25, 0.3) is 11.4 Å². The first kappa shape index (κ1) is 31.1. The number of hydrogen-bond acceptors (Lipinski definition) is 6. The topological polar surface area (TPSA) is 84.9 Å². The summed E-state index contributed by atoms with van der Waals surface area (Å²) in [7, 11) is 4.94. The zero-order valence-corrected chi connectivity index (χ0v) is 26.8. The summed E-state index contributed by atoms with van der Waals surface area (Å²) >= 11 is 0. The maximum absolute atomic E-state index is 14.9. The van der Waals surface area contributed by atoms with Crippen molar-refractivity contribution >= 4 is 11.8 Å². The molecule has 0 spiro atoms. The third-order valence-electron chi connectivity index (χ3n) is 9.38. The molecule has 4 aromatic rings. The lowest BCUT2D eigenvalue weighted by Crippen LogP contribution is -2.38. The molecule has 0 N–H and O–H groups in total. The molecule has 6 rings (SSSR count). The Morgan fingerprint density at radius 2 is 1.59 bits per heavy atom. The van der Waals surface area contributed by atoms with Crippen LogP contribution >= 0.6 is 0 Å². The highest BCUT2D eigenvalue weighted by Crippen LogP contribution is 2.44. The van der Waals surface area contributed by atoms with E-state index in [4.69, 9.17) is 9.47 Å². The molecule has 0 radical (unpaired) electrons. The molecule has 0 saturated carbocycles. The van der Waals surface area contributed by atoms with E-state index in [9.17, 15) is 18.4 Å². The number of ether oxygens (including phenoxy) is 2. The average Bonchev–Trinajstić information content (AvgIpc) is 3.42. The maximum Gasteiger partial charge on any atom is 0.258 e. The van der Waals surface area contributed by atoms with Crippen LogP contribution in [0.3, 0.4) is 0 Å². The first-order chi connectivity index (χ1) is 21.9. The number of fused-ring (bicyclic) bond motifs is 1. The highest BCUT2D eigenvalue weighted by atomic mass is 19.1. The van der Waals surface area contributed by atoms with Crippen molar-refractivity contribution in [3.05, 3.63) is 106 Å². The summed E-state index contributed by atoms with van der Waals surface area (Å²) in [5.74, 6) is -0.735. The number of nitrogens with zero attached hydrogens (tertiary/aromatic N) is 4. The molecule has 2 amide bonds. The number of carbonyl (C=O) groups excluding carboxylic acids is 2. The lowest BCUT2D eigenvalue weighted by Gasteiger charge is -2.26. The Balaban J connectivity index is 1.37. The van der Waals surface area contributed by atoms with E-state index >= 15 is 0 Å². The summed E-state index contributed by atoms with van der Waals surface area (Å²) in [4.78, 5) is 39.7. The highest BCUT2D eigenvalue weighted by molar-refractivity contribution is 5.99. The molecule has 0 aliphatic carbocycles. The summed E-state index contributed by atoms with van der Waals surface area (Å²) in [6.45, 7) is 6.43. The van der Waals surface area contributed by atoms with Crippen molar-refractivity contribution in [3.8, 4) is 22.9 Å². The van der Waals surface area contributed by atoms with Gasteiger partial charge in [-0.25, -0.2) is 18.7 Å². The molecule has 1 aromatic heterocycles. The number of likely N-dealkylation sites (tertiary alicyclic amines) is 1. The zero-order valence-electron chi connectivity index (χ0n) is 26.8. The quantitative estimate of drug-likeness (QED) is 0.236. The zero-order chi connectivity index (χ0) is 33.0. The summed E-state index contributed by atoms with van der Waals surface area (Å²) in [5, 5.41) is 0. The smallest absolute Gasteiger partial charge is 0.258 e. The molecule has 1 saturated heterocycles. The Hall–Kier alpha value is -4.86. The summed E-state index contributed by atoms with van der Waals surface area (Å²) in [5.41, 5.74) is 2.29. The third kappa shape index (κ3) is 5.25. The normalized spacial score (nSPS) is 18.7. The van der Waals surface area contributed by atoms with Gasteiger partial charge in [-0.15, -0.1) is 0 Å². The minimum Gasteiger partial charge on any atom is -0.497 e. The average molecular weight is 627 g/mol. The van der Waals surface area contributed by atoms with Crippen LogP contribution in [0.15, 0.2) is 60.7 Å². The molecule has 46 heavy (non-hydrogen) atoms. The van der Waals surface area contributed by atoms with Crippen LogP contribution in [-0.2, 0) is 29.7 Å². The molecule has 0 bridgehead atoms. The van der Waals surface area contributed by atoms with E-state index in [-0.39, 0.29) is 48.3 Å². The summed E-state index contributed by atoms with van der Waals surface area (Å²) < 4.78 is 40.7. The van der Waals surface area contributed by atoms with Gasteiger partial charge in [0.05, 0.1) is 55.2 Å². The largest absolute Gasteiger partial charge is 0.497 e. The third-order valence-corrected chi connectivity index (χ3v) is 9.38. The van der Waals surface area contributed by atoms with Gasteiger partial charge in [0.25, 0.3) is 5.91 Å². The van der Waals surface area contributed by atoms with E-state index in [1.54, 1.807) is 36.2 Å². The van der Waals surface area contributed by atoms with Gasteiger partial charge >= 0.3 is 0 Å². The minimum absolute atomic E-state index is 0.0644. The number of halogens is 2. The lowest BCUT2D eigenvalue weighted by molar-refractivity contribution is -0.132. The summed E-state index contributed by atoms with van der Waals surface area (Å²) in [6, 6.07) is 16.7. The van der Waals surface area contributed by atoms with E-state index < -0.39 is 17.0 Å². The number of methoxy groups -OCH3 is 2. The van der Waals surface area contributed by atoms with Gasteiger partial charge in [0, 0.05) is 30.6 Å². The van der Waals surface area contributed by atoms with Crippen molar-refractivity contribution in [1.29, 1.82) is 0 Å². The number of carbonyl (C=O) groups is 2. The molecular weight excluding hydrogens is 590 g/mol. The van der Waals surface area contributed by atoms with Gasteiger partial charge in [-0.1, -0.05) is 30.3 Å². The lowest BCUT2D eigenvalue weighted by atomic mass is 9.77. The molecule has 1 fully saturated rings. The van der Waals surface area contributed by atoms with E-state index in [1.165, 1.54) is 6.07 Å². The van der Waals surface area contributed by atoms with Gasteiger partial charge in [0.1, 0.15) is 23.1 Å². The van der Waals surface area contributed by atoms with Crippen molar-refractivity contribution < 1.29 is 27.8 Å². The van der Waals surface area contributed by atoms with Gasteiger partial charge in [-0.2, -0.15) is 0 Å². The van der Waals surface area contributed by atoms with Gasteiger partial charge in [0.15, 0.2) is 5.82 Å². The number of amides is 2. The first-order valence-electron chi connectivity index (χ1n) is 15.1. The molecule has 3 aromatic carbocycles. The van der Waals surface area contributed by atoms with Gasteiger partial charge in [-0.3, -0.25) is 9.59 Å². The van der Waals surface area contributed by atoms with E-state index in [1.807, 2.05) is 44.3 Å². The predicted molar refractivity (Wildman–Crippen MR) is 169 cm³/mol. The van der Waals surface area contributed by atoms with Gasteiger partial charge < -0.3 is 19.3 Å². The standard InChI is InChI=1S/C36H36F2N4O4/c1-35(2)20-36(3,34(44)41(35)4)23-13-10-21(11-14-23)16-27-31-28(40-32(39-27)30-25(37)8-7-9-26(30)38)19-42(33(31)43)18-22-12-15-24(45-5)17-29(22)46-6/h7-15,17H,16,18-20H2,1-6H3/t36-/m1/s1. The van der Waals surface area contributed by atoms with Crippen LogP contribution in [0.2, 0.25) is 0 Å². The van der Waals surface area contributed by atoms with Crippen molar-refractivity contribution in [1.82, 2.24) is 19.8 Å². The monoisotopic (exact) mass is 626 g/mol. The molecule has 10 heteroatoms. The molecule has 8 nitrogen and oxygen atoms in total. The van der Waals surface area contributed by atoms with E-state index in [0.717, 1.165) is 28.8 Å². The second-order valence-corrected chi connectivity index (χ2v) is 12.8. The van der Waals surface area contributed by atoms with Gasteiger partial charge in [0.2, 0.25) is 5.91 Å². The Bertz CT molecular complexity index is 1840. The first-order valence-corrected chi connectivity index (χ1v) is 15.1. The fraction of sp³-hybridized carbons (Fsp3) is 0.333. The predicted octanol–water partition coefficient (Wildman–Crippen LogP) is 6.08. The van der Waals surface area contributed by atoms with Crippen molar-refractivity contribution in [2.24, 2.45) is 0 Å². The van der Waals surface area contributed by atoms with Crippen LogP contribution in [-0.4, -0.2) is 58.4 Å². The number of benzene rings is 3. The number of aromatic nitrogens is 2. The Morgan fingerprint density at radius 3 is 2.20 bits per heavy atom. The molecular formula is C36H36F2N4O4. The molecule has 3 heterocycles. The Morgan fingerprint density at radius 1 is 0.891 bits per heavy atom. The van der Waals surface area contributed by atoms with Crippen LogP contribution in [0.4, 0.5) is 8.78 Å². The fourth-order valence-corrected chi connectivity index (χ4v) is 6.71. The van der Waals surface area contributed by atoms with E-state index in [2.05, 4.69) is 23.8 Å². The van der Waals surface area contributed by atoms with Crippen LogP contribution in [0.1, 0.15) is 65.6 Å². The number of rotatable bonds is 8. The molecule has 238 valence electrons. The fourth-order valence-electron chi connectivity index (χ4n) is 6.71. The van der Waals surface area contributed by atoms with Crippen LogP contribution < -0.4 is 9.47 Å². The van der Waals surface area contributed by atoms with Crippen LogP contribution in [0.5, 0.6) is 11.5 Å². The van der Waals surface area contributed by atoms with Crippen molar-refractivity contribution in [2.75, 3.05) is 21.3 Å². The molecule has 2 aliphatic rings. The molecule has 0 unspecified atom stereocenters. The Kier molecular flexibility index (Phi) is 7.78. The molecule has 2 aliphatic heterocycles. The maximum atomic E-state index is 14.9. The number of likely N-dealkylation sites (N-methyl/N-ethyl adjacent to an activating group) is 1. The van der Waals surface area contributed by atoms with Crippen molar-refractivity contribution in [3.63, 3.8) is 0 Å². The Labute approximate surface area is 267 Å². The molecule has 1 atom stereocenters. The second kappa shape index (κ2) is 11.5. The van der Waals surface area contributed by atoms with Gasteiger partial charge in [-0.05, 0) is 62.6 Å².